The molecule has 1 aliphatic rings. The normalized spacial score (nSPS) is 16.8. The molecule has 0 aliphatic heterocycles. The molecule has 1 saturated carbocycles. The summed E-state index contributed by atoms with van der Waals surface area (Å²) in [6.07, 6.45) is 0.843. The van der Waals surface area contributed by atoms with Gasteiger partial charge in [0.1, 0.15) is 11.5 Å². The lowest BCUT2D eigenvalue weighted by Crippen LogP contribution is -2.09. The van der Waals surface area contributed by atoms with E-state index >= 15 is 0 Å². The van der Waals surface area contributed by atoms with Crippen LogP contribution < -0.4 is 9.47 Å². The van der Waals surface area contributed by atoms with Crippen LogP contribution in [0.15, 0.2) is 66.7 Å². The summed E-state index contributed by atoms with van der Waals surface area (Å²) < 4.78 is 21.9. The van der Waals surface area contributed by atoms with E-state index < -0.39 is 0 Å². The van der Waals surface area contributed by atoms with E-state index in [0.29, 0.717) is 19.8 Å². The third kappa shape index (κ3) is 5.37. The molecule has 3 aromatic carbocycles. The minimum atomic E-state index is -0.105. The molecule has 1 aliphatic carbocycles. The molecule has 0 saturated heterocycles. The van der Waals surface area contributed by atoms with Gasteiger partial charge >= 0.3 is 5.97 Å². The number of carbonyl (C=O) groups excluding carboxylic acids is 1. The fourth-order valence-electron chi connectivity index (χ4n) is 4.12. The number of rotatable bonds is 10. The lowest BCUT2D eigenvalue weighted by atomic mass is 9.90. The van der Waals surface area contributed by atoms with Gasteiger partial charge in [-0.3, -0.25) is 4.79 Å². The van der Waals surface area contributed by atoms with Crippen molar-refractivity contribution < 1.29 is 23.7 Å². The number of hydrogen-bond donors (Lipinski definition) is 0. The average Bonchev–Trinajstić information content (AvgIpc) is 3.64. The summed E-state index contributed by atoms with van der Waals surface area (Å²) >= 11 is 0. The van der Waals surface area contributed by atoms with Crippen LogP contribution in [0.4, 0.5) is 0 Å². The first-order valence-electron chi connectivity index (χ1n) is 11.3. The molecule has 0 heterocycles. The Kier molecular flexibility index (Phi) is 7.30. The largest absolute Gasteiger partial charge is 0.497 e. The monoisotopic (exact) mass is 446 g/mol. The highest BCUT2D eigenvalue weighted by molar-refractivity contribution is 5.86. The van der Waals surface area contributed by atoms with Gasteiger partial charge in [0.25, 0.3) is 0 Å². The number of esters is 1. The Morgan fingerprint density at radius 3 is 2.12 bits per heavy atom. The van der Waals surface area contributed by atoms with E-state index in [4.69, 9.17) is 18.9 Å². The van der Waals surface area contributed by atoms with Crippen molar-refractivity contribution in [1.82, 2.24) is 0 Å². The van der Waals surface area contributed by atoms with Gasteiger partial charge in [0, 0.05) is 0 Å². The van der Waals surface area contributed by atoms with Crippen molar-refractivity contribution in [3.8, 4) is 33.8 Å². The van der Waals surface area contributed by atoms with Crippen LogP contribution in [0, 0.1) is 11.8 Å². The molecule has 0 amide bonds. The average molecular weight is 447 g/mol. The third-order valence-electron chi connectivity index (χ3n) is 6.03. The van der Waals surface area contributed by atoms with E-state index in [-0.39, 0.29) is 17.8 Å². The lowest BCUT2D eigenvalue weighted by Gasteiger charge is -2.17. The first kappa shape index (κ1) is 22.9. The summed E-state index contributed by atoms with van der Waals surface area (Å²) in [6.45, 7) is 3.28. The second kappa shape index (κ2) is 10.5. The molecule has 33 heavy (non-hydrogen) atoms. The summed E-state index contributed by atoms with van der Waals surface area (Å²) in [4.78, 5) is 11.9. The Morgan fingerprint density at radius 1 is 0.879 bits per heavy atom. The maximum absolute atomic E-state index is 11.9. The Balaban J connectivity index is 1.58. The van der Waals surface area contributed by atoms with Gasteiger partial charge in [-0.15, -0.1) is 0 Å². The fraction of sp³-hybridized carbons (Fsp3) is 0.321. The maximum atomic E-state index is 11.9. The van der Waals surface area contributed by atoms with Crippen LogP contribution in [-0.2, 0) is 20.9 Å². The predicted octanol–water partition coefficient (Wildman–Crippen LogP) is 5.75. The molecule has 5 nitrogen and oxygen atoms in total. The summed E-state index contributed by atoms with van der Waals surface area (Å²) in [5.41, 5.74) is 5.55. The zero-order valence-electron chi connectivity index (χ0n) is 19.4. The molecule has 3 aromatic rings. The van der Waals surface area contributed by atoms with E-state index in [0.717, 1.165) is 45.7 Å². The third-order valence-corrected chi connectivity index (χ3v) is 6.03. The topological polar surface area (TPSA) is 54.0 Å². The van der Waals surface area contributed by atoms with Crippen molar-refractivity contribution in [1.29, 1.82) is 0 Å². The van der Waals surface area contributed by atoms with Crippen molar-refractivity contribution in [2.24, 2.45) is 11.8 Å². The molecule has 0 N–H and O–H groups in total. The Hall–Kier alpha value is -3.31. The molecule has 172 valence electrons. The van der Waals surface area contributed by atoms with Gasteiger partial charge < -0.3 is 18.9 Å². The zero-order valence-corrected chi connectivity index (χ0v) is 19.4. The number of ether oxygens (including phenoxy) is 4. The number of carbonyl (C=O) groups is 1. The molecule has 2 atom stereocenters. The summed E-state index contributed by atoms with van der Waals surface area (Å²) in [6, 6.07) is 22.5. The minimum Gasteiger partial charge on any atom is -0.497 e. The molecule has 0 bridgehead atoms. The SMILES string of the molecule is CCOC(=O)C1CC1COCc1cccc(-c2ccc(OC)cc2)c1-c1ccc(OC)cc1. The lowest BCUT2D eigenvalue weighted by molar-refractivity contribution is -0.145. The van der Waals surface area contributed by atoms with Gasteiger partial charge in [-0.1, -0.05) is 42.5 Å². The highest BCUT2D eigenvalue weighted by Crippen LogP contribution is 2.40. The maximum Gasteiger partial charge on any atom is 0.309 e. The highest BCUT2D eigenvalue weighted by Gasteiger charge is 2.44. The first-order valence-corrected chi connectivity index (χ1v) is 11.3. The van der Waals surface area contributed by atoms with Gasteiger partial charge in [-0.25, -0.2) is 0 Å². The van der Waals surface area contributed by atoms with Crippen LogP contribution in [-0.4, -0.2) is 33.4 Å². The van der Waals surface area contributed by atoms with Crippen LogP contribution in [0.1, 0.15) is 18.9 Å². The Labute approximate surface area is 195 Å². The number of hydrogen-bond acceptors (Lipinski definition) is 5. The first-order chi connectivity index (χ1) is 16.1. The van der Waals surface area contributed by atoms with Crippen LogP contribution in [0.2, 0.25) is 0 Å². The standard InChI is InChI=1S/C28H30O5/c1-4-33-28(29)26-16-22(26)18-32-17-21-6-5-7-25(19-8-12-23(30-2)13-9-19)27(21)20-10-14-24(31-3)15-11-20/h5-15,22,26H,4,16-18H2,1-3H3. The molecule has 4 rings (SSSR count). The molecular formula is C28H30O5. The quantitative estimate of drug-likeness (QED) is 0.371. The van der Waals surface area contributed by atoms with Crippen molar-refractivity contribution in [2.45, 2.75) is 20.0 Å². The fourth-order valence-corrected chi connectivity index (χ4v) is 4.12. The molecule has 5 heteroatoms. The molecule has 0 spiro atoms. The van der Waals surface area contributed by atoms with E-state index in [9.17, 15) is 4.79 Å². The van der Waals surface area contributed by atoms with Crippen molar-refractivity contribution in [2.75, 3.05) is 27.4 Å². The number of benzene rings is 3. The second-order valence-electron chi connectivity index (χ2n) is 8.17. The van der Waals surface area contributed by atoms with E-state index in [2.05, 4.69) is 42.5 Å². The highest BCUT2D eigenvalue weighted by atomic mass is 16.5. The smallest absolute Gasteiger partial charge is 0.309 e. The van der Waals surface area contributed by atoms with Crippen LogP contribution in [0.5, 0.6) is 11.5 Å². The molecular weight excluding hydrogens is 416 g/mol. The summed E-state index contributed by atoms with van der Waals surface area (Å²) in [5, 5.41) is 0. The van der Waals surface area contributed by atoms with Gasteiger partial charge in [-0.05, 0) is 71.3 Å². The molecule has 1 fully saturated rings. The minimum absolute atomic E-state index is 0.0170. The van der Waals surface area contributed by atoms with Crippen molar-refractivity contribution in [3.63, 3.8) is 0 Å². The summed E-state index contributed by atoms with van der Waals surface area (Å²) in [7, 11) is 3.34. The Bertz CT molecular complexity index is 1070. The van der Waals surface area contributed by atoms with Crippen LogP contribution >= 0.6 is 0 Å². The molecule has 2 unspecified atom stereocenters. The summed E-state index contributed by atoms with van der Waals surface area (Å²) in [5.74, 6) is 1.77. The Morgan fingerprint density at radius 2 is 1.52 bits per heavy atom. The zero-order chi connectivity index (χ0) is 23.2. The van der Waals surface area contributed by atoms with E-state index in [1.807, 2.05) is 31.2 Å². The van der Waals surface area contributed by atoms with Gasteiger partial charge in [0.05, 0.1) is 40.0 Å². The van der Waals surface area contributed by atoms with Crippen molar-refractivity contribution in [3.05, 3.63) is 72.3 Å². The number of methoxy groups -OCH3 is 2. The predicted molar refractivity (Wildman–Crippen MR) is 128 cm³/mol. The van der Waals surface area contributed by atoms with Crippen LogP contribution in [0.3, 0.4) is 0 Å². The van der Waals surface area contributed by atoms with E-state index in [1.54, 1.807) is 14.2 Å². The van der Waals surface area contributed by atoms with Gasteiger partial charge in [0.15, 0.2) is 0 Å². The van der Waals surface area contributed by atoms with Crippen molar-refractivity contribution >= 4 is 5.97 Å². The second-order valence-corrected chi connectivity index (χ2v) is 8.17. The van der Waals surface area contributed by atoms with Gasteiger partial charge in [-0.2, -0.15) is 0 Å². The molecule has 0 radical (unpaired) electrons. The van der Waals surface area contributed by atoms with E-state index in [1.165, 1.54) is 0 Å². The van der Waals surface area contributed by atoms with Gasteiger partial charge in [0.2, 0.25) is 0 Å². The van der Waals surface area contributed by atoms with Crippen LogP contribution in [0.25, 0.3) is 22.3 Å². The molecule has 0 aromatic heterocycles.